The maximum Gasteiger partial charge on any atom is 0.126 e. The van der Waals surface area contributed by atoms with Crippen molar-refractivity contribution >= 4 is 0 Å². The SMILES string of the molecule is CC(C)(c1ccc(F)cc1)C(N)Cc1cc(F)ccc1F. The van der Waals surface area contributed by atoms with Gasteiger partial charge in [0.1, 0.15) is 17.5 Å². The highest BCUT2D eigenvalue weighted by Gasteiger charge is 2.29. The van der Waals surface area contributed by atoms with E-state index in [4.69, 9.17) is 5.73 Å². The van der Waals surface area contributed by atoms with Crippen molar-refractivity contribution in [3.63, 3.8) is 0 Å². The lowest BCUT2D eigenvalue weighted by Gasteiger charge is -2.32. The Morgan fingerprint density at radius 1 is 0.952 bits per heavy atom. The van der Waals surface area contributed by atoms with E-state index in [1.165, 1.54) is 12.1 Å². The molecule has 0 bridgehead atoms. The lowest BCUT2D eigenvalue weighted by molar-refractivity contribution is 0.400. The van der Waals surface area contributed by atoms with Crippen LogP contribution in [0.1, 0.15) is 25.0 Å². The third-order valence-electron chi connectivity index (χ3n) is 3.96. The predicted molar refractivity (Wildman–Crippen MR) is 77.5 cm³/mol. The standard InChI is InChI=1S/C17H18F3N/c1-17(2,12-3-5-13(18)6-4-12)16(21)10-11-9-14(19)7-8-15(11)20/h3-9,16H,10,21H2,1-2H3. The van der Waals surface area contributed by atoms with Crippen LogP contribution in [-0.4, -0.2) is 6.04 Å². The van der Waals surface area contributed by atoms with Gasteiger partial charge >= 0.3 is 0 Å². The van der Waals surface area contributed by atoms with E-state index in [-0.39, 0.29) is 17.8 Å². The van der Waals surface area contributed by atoms with Gasteiger partial charge in [0.15, 0.2) is 0 Å². The summed E-state index contributed by atoms with van der Waals surface area (Å²) >= 11 is 0. The number of halogens is 3. The molecule has 2 rings (SSSR count). The second-order valence-corrected chi connectivity index (χ2v) is 5.77. The molecule has 0 aliphatic heterocycles. The van der Waals surface area contributed by atoms with Crippen LogP contribution in [0.4, 0.5) is 13.2 Å². The molecule has 112 valence electrons. The fraction of sp³-hybridized carbons (Fsp3) is 0.294. The zero-order valence-corrected chi connectivity index (χ0v) is 12.0. The molecule has 0 amide bonds. The van der Waals surface area contributed by atoms with Crippen molar-refractivity contribution in [1.29, 1.82) is 0 Å². The molecule has 0 saturated carbocycles. The maximum absolute atomic E-state index is 13.7. The fourth-order valence-electron chi connectivity index (χ4n) is 2.29. The number of hydrogen-bond donors (Lipinski definition) is 1. The largest absolute Gasteiger partial charge is 0.327 e. The van der Waals surface area contributed by atoms with Crippen molar-refractivity contribution in [1.82, 2.24) is 0 Å². The molecular formula is C17H18F3N. The Kier molecular flexibility index (Phi) is 4.37. The summed E-state index contributed by atoms with van der Waals surface area (Å²) in [5.41, 5.74) is 6.80. The van der Waals surface area contributed by atoms with Gasteiger partial charge in [-0.2, -0.15) is 0 Å². The van der Waals surface area contributed by atoms with Crippen molar-refractivity contribution in [2.45, 2.75) is 31.7 Å². The average Bonchev–Trinajstić information content (AvgIpc) is 2.43. The highest BCUT2D eigenvalue weighted by atomic mass is 19.1. The van der Waals surface area contributed by atoms with Crippen LogP contribution in [0.2, 0.25) is 0 Å². The third-order valence-corrected chi connectivity index (χ3v) is 3.96. The molecule has 0 fully saturated rings. The molecule has 1 atom stereocenters. The minimum Gasteiger partial charge on any atom is -0.327 e. The lowest BCUT2D eigenvalue weighted by atomic mass is 9.76. The molecule has 2 aromatic carbocycles. The molecule has 1 unspecified atom stereocenters. The molecule has 0 radical (unpaired) electrons. The van der Waals surface area contributed by atoms with Gasteiger partial charge in [-0.15, -0.1) is 0 Å². The minimum absolute atomic E-state index is 0.202. The highest BCUT2D eigenvalue weighted by Crippen LogP contribution is 2.28. The van der Waals surface area contributed by atoms with E-state index in [0.29, 0.717) is 0 Å². The van der Waals surface area contributed by atoms with Gasteiger partial charge < -0.3 is 5.73 Å². The van der Waals surface area contributed by atoms with E-state index >= 15 is 0 Å². The molecule has 2 N–H and O–H groups in total. The Bertz CT molecular complexity index is 620. The van der Waals surface area contributed by atoms with Crippen molar-refractivity contribution in [2.24, 2.45) is 5.73 Å². The predicted octanol–water partition coefficient (Wildman–Crippen LogP) is 3.95. The van der Waals surface area contributed by atoms with Crippen LogP contribution in [0.15, 0.2) is 42.5 Å². The number of nitrogens with two attached hydrogens (primary N) is 1. The van der Waals surface area contributed by atoms with Crippen molar-refractivity contribution in [3.05, 3.63) is 71.0 Å². The van der Waals surface area contributed by atoms with Gasteiger partial charge in [0, 0.05) is 11.5 Å². The van der Waals surface area contributed by atoms with Crippen LogP contribution < -0.4 is 5.73 Å². The summed E-state index contributed by atoms with van der Waals surface area (Å²) in [6, 6.07) is 8.97. The van der Waals surface area contributed by atoms with E-state index in [1.807, 2.05) is 13.8 Å². The highest BCUT2D eigenvalue weighted by molar-refractivity contribution is 5.28. The first-order valence-corrected chi connectivity index (χ1v) is 6.76. The number of benzene rings is 2. The van der Waals surface area contributed by atoms with Crippen LogP contribution in [0, 0.1) is 17.5 Å². The van der Waals surface area contributed by atoms with Gasteiger partial charge in [0.05, 0.1) is 0 Å². The third kappa shape index (κ3) is 3.45. The quantitative estimate of drug-likeness (QED) is 0.907. The lowest BCUT2D eigenvalue weighted by Crippen LogP contribution is -2.42. The summed E-state index contributed by atoms with van der Waals surface area (Å²) in [4.78, 5) is 0. The molecule has 1 nitrogen and oxygen atoms in total. The van der Waals surface area contributed by atoms with E-state index in [2.05, 4.69) is 0 Å². The van der Waals surface area contributed by atoms with Crippen LogP contribution in [0.5, 0.6) is 0 Å². The molecular weight excluding hydrogens is 275 g/mol. The molecule has 0 heterocycles. The molecule has 0 saturated heterocycles. The summed E-state index contributed by atoms with van der Waals surface area (Å²) in [6.07, 6.45) is 0.202. The summed E-state index contributed by atoms with van der Waals surface area (Å²) in [5.74, 6) is -1.28. The number of rotatable bonds is 4. The summed E-state index contributed by atoms with van der Waals surface area (Å²) in [6.45, 7) is 3.81. The van der Waals surface area contributed by atoms with Crippen LogP contribution in [0.3, 0.4) is 0 Å². The second-order valence-electron chi connectivity index (χ2n) is 5.77. The Labute approximate surface area is 122 Å². The molecule has 0 aromatic heterocycles. The van der Waals surface area contributed by atoms with Crippen LogP contribution >= 0.6 is 0 Å². The average molecular weight is 293 g/mol. The maximum atomic E-state index is 13.7. The first-order valence-electron chi connectivity index (χ1n) is 6.76. The molecule has 0 spiro atoms. The van der Waals surface area contributed by atoms with Gasteiger partial charge in [-0.3, -0.25) is 0 Å². The Hall–Kier alpha value is -1.81. The van der Waals surface area contributed by atoms with E-state index in [1.54, 1.807) is 12.1 Å². The van der Waals surface area contributed by atoms with E-state index in [0.717, 1.165) is 23.8 Å². The van der Waals surface area contributed by atoms with Crippen molar-refractivity contribution in [2.75, 3.05) is 0 Å². The summed E-state index contributed by atoms with van der Waals surface area (Å²) in [5, 5.41) is 0. The Morgan fingerprint density at radius 2 is 1.52 bits per heavy atom. The molecule has 21 heavy (non-hydrogen) atoms. The summed E-state index contributed by atoms with van der Waals surface area (Å²) < 4.78 is 39.9. The topological polar surface area (TPSA) is 26.0 Å². The Morgan fingerprint density at radius 3 is 2.14 bits per heavy atom. The molecule has 0 aliphatic carbocycles. The van der Waals surface area contributed by atoms with Crippen LogP contribution in [-0.2, 0) is 11.8 Å². The van der Waals surface area contributed by atoms with Crippen molar-refractivity contribution < 1.29 is 13.2 Å². The second kappa shape index (κ2) is 5.90. The minimum atomic E-state index is -0.494. The number of hydrogen-bond acceptors (Lipinski definition) is 1. The normalized spacial score (nSPS) is 13.2. The molecule has 2 aromatic rings. The zero-order chi connectivity index (χ0) is 15.6. The molecule has 0 aliphatic rings. The van der Waals surface area contributed by atoms with Gasteiger partial charge in [-0.25, -0.2) is 13.2 Å². The zero-order valence-electron chi connectivity index (χ0n) is 12.0. The van der Waals surface area contributed by atoms with Gasteiger partial charge in [-0.05, 0) is 47.9 Å². The van der Waals surface area contributed by atoms with Gasteiger partial charge in [0.2, 0.25) is 0 Å². The van der Waals surface area contributed by atoms with E-state index in [9.17, 15) is 13.2 Å². The Balaban J connectivity index is 2.23. The van der Waals surface area contributed by atoms with Gasteiger partial charge in [0.25, 0.3) is 0 Å². The first kappa shape index (κ1) is 15.6. The van der Waals surface area contributed by atoms with Gasteiger partial charge in [-0.1, -0.05) is 26.0 Å². The fourth-order valence-corrected chi connectivity index (χ4v) is 2.29. The monoisotopic (exact) mass is 293 g/mol. The van der Waals surface area contributed by atoms with Crippen LogP contribution in [0.25, 0.3) is 0 Å². The van der Waals surface area contributed by atoms with Crippen molar-refractivity contribution in [3.8, 4) is 0 Å². The molecule has 4 heteroatoms. The van der Waals surface area contributed by atoms with E-state index < -0.39 is 23.1 Å². The summed E-state index contributed by atoms with van der Waals surface area (Å²) in [7, 11) is 0. The smallest absolute Gasteiger partial charge is 0.126 e. The first-order chi connectivity index (χ1) is 9.80.